The molecule has 0 radical (unpaired) electrons. The number of benzene rings is 1. The monoisotopic (exact) mass is 328 g/mol. The first-order valence-electron chi connectivity index (χ1n) is 7.92. The van der Waals surface area contributed by atoms with E-state index in [1.165, 1.54) is 29.7 Å². The van der Waals surface area contributed by atoms with Gasteiger partial charge in [0.05, 0.1) is 4.88 Å². The van der Waals surface area contributed by atoms with E-state index in [1.807, 2.05) is 25.1 Å². The minimum absolute atomic E-state index is 0.247. The second-order valence-corrected chi connectivity index (χ2v) is 7.03. The summed E-state index contributed by atoms with van der Waals surface area (Å²) in [5, 5.41) is 0. The van der Waals surface area contributed by atoms with Gasteiger partial charge in [-0.1, -0.05) is 24.1 Å². The van der Waals surface area contributed by atoms with Gasteiger partial charge in [-0.15, -0.1) is 11.3 Å². The van der Waals surface area contributed by atoms with Crippen LogP contribution in [0.3, 0.4) is 0 Å². The SMILES string of the molecule is Cc1ccc(C(=O)NNC(=O)c2cc3c(s2)CCCCC3)cc1. The molecule has 1 aliphatic rings. The van der Waals surface area contributed by atoms with Crippen molar-refractivity contribution in [2.75, 3.05) is 0 Å². The lowest BCUT2D eigenvalue weighted by molar-refractivity contribution is 0.0849. The Hall–Kier alpha value is -2.14. The van der Waals surface area contributed by atoms with Gasteiger partial charge in [-0.25, -0.2) is 0 Å². The van der Waals surface area contributed by atoms with Gasteiger partial charge in [-0.2, -0.15) is 0 Å². The number of carbonyl (C=O) groups is 2. The number of thiophene rings is 1. The van der Waals surface area contributed by atoms with E-state index in [0.717, 1.165) is 18.4 Å². The van der Waals surface area contributed by atoms with Gasteiger partial charge in [0.1, 0.15) is 0 Å². The highest BCUT2D eigenvalue weighted by molar-refractivity contribution is 7.14. The van der Waals surface area contributed by atoms with Crippen LogP contribution < -0.4 is 10.9 Å². The molecule has 2 aromatic rings. The van der Waals surface area contributed by atoms with Crippen LogP contribution in [0.15, 0.2) is 30.3 Å². The second-order valence-electron chi connectivity index (χ2n) is 5.89. The number of amides is 2. The van der Waals surface area contributed by atoms with Crippen LogP contribution in [0.4, 0.5) is 0 Å². The minimum atomic E-state index is -0.309. The first-order chi connectivity index (χ1) is 11.1. The molecule has 23 heavy (non-hydrogen) atoms. The van der Waals surface area contributed by atoms with Crippen molar-refractivity contribution in [2.24, 2.45) is 0 Å². The molecule has 3 rings (SSSR count). The summed E-state index contributed by atoms with van der Waals surface area (Å²) in [6, 6.07) is 9.19. The fourth-order valence-corrected chi connectivity index (χ4v) is 3.88. The molecule has 1 aliphatic carbocycles. The first-order valence-corrected chi connectivity index (χ1v) is 8.74. The summed E-state index contributed by atoms with van der Waals surface area (Å²) in [6.07, 6.45) is 5.75. The van der Waals surface area contributed by atoms with E-state index in [1.54, 1.807) is 23.5 Å². The average Bonchev–Trinajstić information content (AvgIpc) is 2.84. The Balaban J connectivity index is 1.61. The van der Waals surface area contributed by atoms with Crippen molar-refractivity contribution in [1.29, 1.82) is 0 Å². The van der Waals surface area contributed by atoms with Crippen LogP contribution in [0.5, 0.6) is 0 Å². The van der Waals surface area contributed by atoms with Crippen molar-refractivity contribution in [3.8, 4) is 0 Å². The topological polar surface area (TPSA) is 58.2 Å². The maximum atomic E-state index is 12.2. The van der Waals surface area contributed by atoms with Gasteiger partial charge in [-0.3, -0.25) is 20.4 Å². The van der Waals surface area contributed by atoms with E-state index in [2.05, 4.69) is 10.9 Å². The fourth-order valence-electron chi connectivity index (χ4n) is 2.73. The van der Waals surface area contributed by atoms with E-state index in [0.29, 0.717) is 10.4 Å². The van der Waals surface area contributed by atoms with Crippen molar-refractivity contribution in [2.45, 2.75) is 39.0 Å². The molecule has 0 saturated carbocycles. The highest BCUT2D eigenvalue weighted by Crippen LogP contribution is 2.28. The van der Waals surface area contributed by atoms with Crippen LogP contribution in [-0.4, -0.2) is 11.8 Å². The van der Waals surface area contributed by atoms with E-state index < -0.39 is 0 Å². The predicted octanol–water partition coefficient (Wildman–Crippen LogP) is 3.40. The number of fused-ring (bicyclic) bond motifs is 1. The quantitative estimate of drug-likeness (QED) is 0.656. The van der Waals surface area contributed by atoms with Crippen LogP contribution in [0.25, 0.3) is 0 Å². The fraction of sp³-hybridized carbons (Fsp3) is 0.333. The third kappa shape index (κ3) is 3.79. The van der Waals surface area contributed by atoms with E-state index >= 15 is 0 Å². The molecule has 1 heterocycles. The Morgan fingerprint density at radius 1 is 0.957 bits per heavy atom. The van der Waals surface area contributed by atoms with Gasteiger partial charge in [0, 0.05) is 10.4 Å². The maximum absolute atomic E-state index is 12.2. The Bertz CT molecular complexity index is 696. The standard InChI is InChI=1S/C18H20N2O2S/c1-12-7-9-13(10-8-12)17(21)19-20-18(22)16-11-14-5-3-2-4-6-15(14)23-16/h7-11H,2-6H2,1H3,(H,19,21)(H,20,22). The molecule has 5 heteroatoms. The summed E-state index contributed by atoms with van der Waals surface area (Å²) >= 11 is 1.54. The molecule has 0 aliphatic heterocycles. The summed E-state index contributed by atoms with van der Waals surface area (Å²) in [6.45, 7) is 1.96. The zero-order valence-electron chi connectivity index (χ0n) is 13.1. The molecule has 0 saturated heterocycles. The number of nitrogens with one attached hydrogen (secondary N) is 2. The molecular weight excluding hydrogens is 308 g/mol. The van der Waals surface area contributed by atoms with Gasteiger partial charge in [-0.05, 0) is 56.4 Å². The second kappa shape index (κ2) is 6.96. The molecule has 0 atom stereocenters. The smallest absolute Gasteiger partial charge is 0.267 e. The minimum Gasteiger partial charge on any atom is -0.267 e. The summed E-state index contributed by atoms with van der Waals surface area (Å²) in [4.78, 5) is 26.2. The van der Waals surface area contributed by atoms with Gasteiger partial charge >= 0.3 is 0 Å². The largest absolute Gasteiger partial charge is 0.279 e. The molecule has 0 fully saturated rings. The van der Waals surface area contributed by atoms with Gasteiger partial charge < -0.3 is 0 Å². The number of carbonyl (C=O) groups excluding carboxylic acids is 2. The van der Waals surface area contributed by atoms with Crippen LogP contribution in [-0.2, 0) is 12.8 Å². The third-order valence-corrected chi connectivity index (χ3v) is 5.31. The molecule has 0 unspecified atom stereocenters. The number of hydrogen-bond acceptors (Lipinski definition) is 3. The van der Waals surface area contributed by atoms with Crippen molar-refractivity contribution in [3.05, 3.63) is 56.8 Å². The van der Waals surface area contributed by atoms with Crippen molar-refractivity contribution >= 4 is 23.2 Å². The molecule has 0 spiro atoms. The Morgan fingerprint density at radius 2 is 1.65 bits per heavy atom. The van der Waals surface area contributed by atoms with E-state index in [4.69, 9.17) is 0 Å². The average molecular weight is 328 g/mol. The molecule has 1 aromatic heterocycles. The molecule has 1 aromatic carbocycles. The summed E-state index contributed by atoms with van der Waals surface area (Å²) < 4.78 is 0. The lowest BCUT2D eigenvalue weighted by Gasteiger charge is -2.06. The lowest BCUT2D eigenvalue weighted by atomic mass is 10.1. The van der Waals surface area contributed by atoms with Crippen molar-refractivity contribution in [1.82, 2.24) is 10.9 Å². The highest BCUT2D eigenvalue weighted by atomic mass is 32.1. The van der Waals surface area contributed by atoms with Crippen LogP contribution in [0.1, 0.15) is 55.3 Å². The summed E-state index contributed by atoms with van der Waals surface area (Å²) in [5.41, 5.74) is 7.89. The number of aryl methyl sites for hydroxylation is 3. The van der Waals surface area contributed by atoms with Crippen LogP contribution in [0, 0.1) is 6.92 Å². The van der Waals surface area contributed by atoms with E-state index in [-0.39, 0.29) is 11.8 Å². The third-order valence-electron chi connectivity index (χ3n) is 4.07. The van der Waals surface area contributed by atoms with Crippen molar-refractivity contribution < 1.29 is 9.59 Å². The molecule has 4 nitrogen and oxygen atoms in total. The van der Waals surface area contributed by atoms with Gasteiger partial charge in [0.15, 0.2) is 0 Å². The Kier molecular flexibility index (Phi) is 4.76. The molecular formula is C18H20N2O2S. The van der Waals surface area contributed by atoms with Crippen molar-refractivity contribution in [3.63, 3.8) is 0 Å². The Morgan fingerprint density at radius 3 is 2.43 bits per heavy atom. The highest BCUT2D eigenvalue weighted by Gasteiger charge is 2.17. The first kappa shape index (κ1) is 15.7. The zero-order valence-corrected chi connectivity index (χ0v) is 14.0. The predicted molar refractivity (Wildman–Crippen MR) is 91.7 cm³/mol. The summed E-state index contributed by atoms with van der Waals surface area (Å²) in [7, 11) is 0. The zero-order chi connectivity index (χ0) is 16.2. The molecule has 120 valence electrons. The Labute approximate surface area is 139 Å². The number of hydrogen-bond donors (Lipinski definition) is 2. The summed E-state index contributed by atoms with van der Waals surface area (Å²) in [5.74, 6) is -0.556. The normalized spacial score (nSPS) is 13.8. The van der Waals surface area contributed by atoms with Crippen LogP contribution in [0.2, 0.25) is 0 Å². The molecule has 2 N–H and O–H groups in total. The van der Waals surface area contributed by atoms with E-state index in [9.17, 15) is 9.59 Å². The maximum Gasteiger partial charge on any atom is 0.279 e. The molecule has 0 bridgehead atoms. The molecule has 2 amide bonds. The number of rotatable bonds is 2. The lowest BCUT2D eigenvalue weighted by Crippen LogP contribution is -2.41. The van der Waals surface area contributed by atoms with Gasteiger partial charge in [0.2, 0.25) is 0 Å². The van der Waals surface area contributed by atoms with Crippen LogP contribution >= 0.6 is 11.3 Å². The van der Waals surface area contributed by atoms with Gasteiger partial charge in [0.25, 0.3) is 11.8 Å². The number of hydrazine groups is 1.